The van der Waals surface area contributed by atoms with Crippen LogP contribution in [0.5, 0.6) is 0 Å². The molecule has 0 aromatic heterocycles. The van der Waals surface area contributed by atoms with Gasteiger partial charge in [0, 0.05) is 36.7 Å². The van der Waals surface area contributed by atoms with E-state index < -0.39 is 0 Å². The Labute approximate surface area is 69.9 Å². The van der Waals surface area contributed by atoms with Crippen molar-refractivity contribution in [3.63, 3.8) is 0 Å². The first-order valence-electron chi connectivity index (χ1n) is 0.982. The predicted octanol–water partition coefficient (Wildman–Crippen LogP) is 0.649. The van der Waals surface area contributed by atoms with Crippen molar-refractivity contribution in [3.8, 4) is 0 Å². The van der Waals surface area contributed by atoms with Crippen molar-refractivity contribution in [1.29, 1.82) is 0 Å². The second-order valence-corrected chi connectivity index (χ2v) is 0.909. The van der Waals surface area contributed by atoms with E-state index in [0.29, 0.717) is 0 Å². The molecule has 35 valence electrons. The zero-order valence-electron chi connectivity index (χ0n) is 3.91. The van der Waals surface area contributed by atoms with E-state index in [-0.39, 0.29) is 34.9 Å². The van der Waals surface area contributed by atoms with Gasteiger partial charge in [0.2, 0.25) is 0 Å². The predicted molar refractivity (Wildman–Crippen MR) is 30.5 cm³/mol. The van der Waals surface area contributed by atoms with Crippen molar-refractivity contribution < 1.29 is 5.11 Å². The average Bonchev–Trinajstić information content (AvgIpc) is 1.46. The van der Waals surface area contributed by atoms with E-state index in [2.05, 4.69) is 0 Å². The van der Waals surface area contributed by atoms with Crippen LogP contribution in [0, 0.1) is 0 Å². The second kappa shape index (κ2) is 31.1. The molecule has 0 unspecified atom stereocenters. The van der Waals surface area contributed by atoms with Crippen molar-refractivity contribution in [2.45, 2.75) is 0 Å². The first kappa shape index (κ1) is 15.6. The molecule has 0 bridgehead atoms. The fourth-order valence-electron chi connectivity index (χ4n) is 0. The van der Waals surface area contributed by atoms with E-state index in [1.807, 2.05) is 0 Å². The Morgan fingerprint density at radius 1 is 1.33 bits per heavy atom. The molecule has 0 aromatic carbocycles. The van der Waals surface area contributed by atoms with Crippen LogP contribution in [-0.2, 0) is 0 Å². The van der Waals surface area contributed by atoms with Gasteiger partial charge in [0.1, 0.15) is 0 Å². The van der Waals surface area contributed by atoms with Gasteiger partial charge in [-0.1, -0.05) is 0 Å². The molecular weight excluding hydrogens is 134 g/mol. The van der Waals surface area contributed by atoms with Crippen molar-refractivity contribution in [3.05, 3.63) is 0 Å². The van der Waals surface area contributed by atoms with Crippen LogP contribution in [0.15, 0.2) is 0 Å². The first-order chi connectivity index (χ1) is 2.41. The number of hydrogen-bond donors (Lipinski definition) is 1. The SMILES string of the molecule is CO.ClCCl.[Na]. The van der Waals surface area contributed by atoms with Crippen LogP contribution in [0.25, 0.3) is 0 Å². The maximum absolute atomic E-state index is 7.00. The second-order valence-electron chi connectivity index (χ2n) is 0.101. The Balaban J connectivity index is -0.0000000275. The fraction of sp³-hybridized carbons (Fsp3) is 1.00. The van der Waals surface area contributed by atoms with Crippen molar-refractivity contribution in [2.75, 3.05) is 12.4 Å². The number of rotatable bonds is 0. The van der Waals surface area contributed by atoms with E-state index in [1.165, 1.54) is 0 Å². The largest absolute Gasteiger partial charge is 0.400 e. The van der Waals surface area contributed by atoms with Gasteiger partial charge in [-0.2, -0.15) is 0 Å². The summed E-state index contributed by atoms with van der Waals surface area (Å²) in [4.78, 5) is 0. The third-order valence-corrected chi connectivity index (χ3v) is 0. The van der Waals surface area contributed by atoms with Gasteiger partial charge in [-0.3, -0.25) is 0 Å². The number of aliphatic hydroxyl groups is 1. The van der Waals surface area contributed by atoms with E-state index in [1.54, 1.807) is 0 Å². The Morgan fingerprint density at radius 3 is 1.33 bits per heavy atom. The molecule has 0 saturated heterocycles. The third-order valence-electron chi connectivity index (χ3n) is 0. The van der Waals surface area contributed by atoms with Gasteiger partial charge in [0.05, 0.1) is 5.34 Å². The summed E-state index contributed by atoms with van der Waals surface area (Å²) in [5.74, 6) is 0. The van der Waals surface area contributed by atoms with Gasteiger partial charge < -0.3 is 5.11 Å². The molecule has 1 nitrogen and oxygen atoms in total. The van der Waals surface area contributed by atoms with Crippen LogP contribution in [0.1, 0.15) is 0 Å². The minimum Gasteiger partial charge on any atom is -0.400 e. The molecule has 1 radical (unpaired) electrons. The van der Waals surface area contributed by atoms with Crippen LogP contribution in [0.4, 0.5) is 0 Å². The summed E-state index contributed by atoms with van der Waals surface area (Å²) in [5.41, 5.74) is 0. The minimum absolute atomic E-state index is 0. The van der Waals surface area contributed by atoms with Crippen LogP contribution in [0.3, 0.4) is 0 Å². The maximum atomic E-state index is 7.00. The molecule has 0 saturated carbocycles. The molecule has 0 aromatic rings. The number of aliphatic hydroxyl groups excluding tert-OH is 1. The van der Waals surface area contributed by atoms with E-state index in [4.69, 9.17) is 28.3 Å². The molecule has 4 heteroatoms. The summed E-state index contributed by atoms with van der Waals surface area (Å²) >= 11 is 9.53. The van der Waals surface area contributed by atoms with Gasteiger partial charge in [-0.05, 0) is 0 Å². The Hall–Kier alpha value is 1.54. The molecular formula is C2H6Cl2NaO. The first-order valence-corrected chi connectivity index (χ1v) is 2.05. The van der Waals surface area contributed by atoms with Crippen molar-refractivity contribution in [1.82, 2.24) is 0 Å². The summed E-state index contributed by atoms with van der Waals surface area (Å²) in [7, 11) is 1.00. The van der Waals surface area contributed by atoms with Gasteiger partial charge in [0.15, 0.2) is 0 Å². The molecule has 0 fully saturated rings. The topological polar surface area (TPSA) is 20.2 Å². The van der Waals surface area contributed by atoms with Crippen LogP contribution >= 0.6 is 23.2 Å². The van der Waals surface area contributed by atoms with Crippen molar-refractivity contribution in [2.24, 2.45) is 0 Å². The number of halogens is 2. The van der Waals surface area contributed by atoms with Crippen molar-refractivity contribution >= 4 is 52.8 Å². The van der Waals surface area contributed by atoms with E-state index in [0.717, 1.165) is 7.11 Å². The zero-order valence-corrected chi connectivity index (χ0v) is 7.42. The summed E-state index contributed by atoms with van der Waals surface area (Å²) in [6, 6.07) is 0. The molecule has 0 aliphatic rings. The van der Waals surface area contributed by atoms with E-state index in [9.17, 15) is 0 Å². The average molecular weight is 140 g/mol. The van der Waals surface area contributed by atoms with E-state index >= 15 is 0 Å². The summed E-state index contributed by atoms with van der Waals surface area (Å²) < 4.78 is 0. The summed E-state index contributed by atoms with van der Waals surface area (Å²) in [5, 5.41) is 7.19. The fourth-order valence-corrected chi connectivity index (χ4v) is 0. The van der Waals surface area contributed by atoms with Crippen LogP contribution < -0.4 is 0 Å². The molecule has 0 rings (SSSR count). The molecule has 1 N–H and O–H groups in total. The smallest absolute Gasteiger partial charge is 0.0967 e. The molecule has 0 heterocycles. The minimum atomic E-state index is 0. The molecule has 0 aliphatic carbocycles. The number of alkyl halides is 2. The quantitative estimate of drug-likeness (QED) is 0.386. The summed E-state index contributed by atoms with van der Waals surface area (Å²) in [6.07, 6.45) is 0. The van der Waals surface area contributed by atoms with Gasteiger partial charge in [-0.25, -0.2) is 0 Å². The van der Waals surface area contributed by atoms with Crippen LogP contribution in [0.2, 0.25) is 0 Å². The number of hydrogen-bond acceptors (Lipinski definition) is 1. The Morgan fingerprint density at radius 2 is 1.33 bits per heavy atom. The Bertz CT molecular complexity index is 11.5. The molecule has 0 spiro atoms. The third kappa shape index (κ3) is 48.1. The zero-order chi connectivity index (χ0) is 4.71. The van der Waals surface area contributed by atoms with Crippen LogP contribution in [-0.4, -0.2) is 47.1 Å². The maximum Gasteiger partial charge on any atom is 0.0967 e. The van der Waals surface area contributed by atoms with Gasteiger partial charge in [-0.15, -0.1) is 23.2 Å². The standard InChI is InChI=1S/CH2Cl2.CH4O.Na/c2-1-3;1-2;/h1H2;2H,1H3;. The van der Waals surface area contributed by atoms with Gasteiger partial charge >= 0.3 is 0 Å². The molecule has 0 amide bonds. The monoisotopic (exact) mass is 139 g/mol. The molecule has 6 heavy (non-hydrogen) atoms. The van der Waals surface area contributed by atoms with Gasteiger partial charge in [0.25, 0.3) is 0 Å². The normalized spacial score (nSPS) is 4.00. The molecule has 0 aliphatic heterocycles. The Kier molecular flexibility index (Phi) is 81.1. The molecule has 0 atom stereocenters. The summed E-state index contributed by atoms with van der Waals surface area (Å²) in [6.45, 7) is 0.